The Hall–Kier alpha value is -0.410. The molecule has 1 fully saturated rings. The van der Waals surface area contributed by atoms with Crippen molar-refractivity contribution in [3.05, 3.63) is 0 Å². The molecule has 1 heterocycles. The number of ether oxygens (including phenoxy) is 2. The molecule has 0 radical (unpaired) electrons. The van der Waals surface area contributed by atoms with E-state index >= 15 is 0 Å². The minimum atomic E-state index is -0.139. The minimum Gasteiger partial charge on any atom is -0.350 e. The van der Waals surface area contributed by atoms with Gasteiger partial charge in [-0.15, -0.1) is 0 Å². The van der Waals surface area contributed by atoms with Gasteiger partial charge in [-0.2, -0.15) is 0 Å². The monoisotopic (exact) mass is 144 g/mol. The third-order valence-corrected chi connectivity index (χ3v) is 1.42. The highest BCUT2D eigenvalue weighted by Crippen LogP contribution is 2.14. The molecule has 0 aromatic carbocycles. The number of hydrogen-bond acceptors (Lipinski definition) is 3. The van der Waals surface area contributed by atoms with Crippen molar-refractivity contribution in [2.24, 2.45) is 0 Å². The number of rotatable bonds is 3. The molecule has 0 bridgehead atoms. The van der Waals surface area contributed by atoms with Crippen molar-refractivity contribution >= 4 is 6.29 Å². The summed E-state index contributed by atoms with van der Waals surface area (Å²) in [6.45, 7) is 2.62. The van der Waals surface area contributed by atoms with Crippen LogP contribution in [0.25, 0.3) is 0 Å². The van der Waals surface area contributed by atoms with E-state index in [1.54, 1.807) is 0 Å². The molecule has 0 amide bonds. The molecule has 2 atom stereocenters. The third kappa shape index (κ3) is 2.08. The van der Waals surface area contributed by atoms with E-state index in [4.69, 9.17) is 9.47 Å². The number of carbonyl (C=O) groups is 1. The summed E-state index contributed by atoms with van der Waals surface area (Å²) >= 11 is 0. The van der Waals surface area contributed by atoms with E-state index in [9.17, 15) is 4.79 Å². The molecular weight excluding hydrogens is 132 g/mol. The molecule has 2 unspecified atom stereocenters. The van der Waals surface area contributed by atoms with E-state index in [-0.39, 0.29) is 12.4 Å². The molecule has 10 heavy (non-hydrogen) atoms. The second-order valence-corrected chi connectivity index (χ2v) is 2.45. The van der Waals surface area contributed by atoms with E-state index in [1.165, 1.54) is 0 Å². The lowest BCUT2D eigenvalue weighted by Gasteiger charge is -2.05. The van der Waals surface area contributed by atoms with Crippen LogP contribution in [0.1, 0.15) is 19.8 Å². The Morgan fingerprint density at radius 1 is 1.70 bits per heavy atom. The smallest absolute Gasteiger partial charge is 0.158 e. The lowest BCUT2D eigenvalue weighted by atomic mass is 10.3. The fourth-order valence-corrected chi connectivity index (χ4v) is 0.936. The van der Waals surface area contributed by atoms with Crippen LogP contribution < -0.4 is 0 Å². The van der Waals surface area contributed by atoms with Gasteiger partial charge in [0.2, 0.25) is 0 Å². The summed E-state index contributed by atoms with van der Waals surface area (Å²) in [7, 11) is 0. The summed E-state index contributed by atoms with van der Waals surface area (Å²) in [5.41, 5.74) is 0. The van der Waals surface area contributed by atoms with Crippen molar-refractivity contribution in [2.45, 2.75) is 32.2 Å². The van der Waals surface area contributed by atoms with E-state index in [0.717, 1.165) is 6.29 Å². The van der Waals surface area contributed by atoms with Gasteiger partial charge in [-0.1, -0.05) is 0 Å². The van der Waals surface area contributed by atoms with Crippen molar-refractivity contribution in [3.8, 4) is 0 Å². The highest BCUT2D eigenvalue weighted by Gasteiger charge is 2.21. The normalized spacial score (nSPS) is 32.5. The molecule has 58 valence electrons. The zero-order valence-corrected chi connectivity index (χ0v) is 6.08. The molecule has 0 spiro atoms. The maximum atomic E-state index is 9.93. The Bertz CT molecular complexity index is 113. The summed E-state index contributed by atoms with van der Waals surface area (Å²) in [6.07, 6.45) is 2.15. The second-order valence-electron chi connectivity index (χ2n) is 2.45. The van der Waals surface area contributed by atoms with Gasteiger partial charge in [-0.25, -0.2) is 0 Å². The predicted molar refractivity (Wildman–Crippen MR) is 35.6 cm³/mol. The molecule has 1 saturated heterocycles. The summed E-state index contributed by atoms with van der Waals surface area (Å²) < 4.78 is 10.5. The Labute approximate surface area is 60.3 Å². The molecule has 1 aliphatic heterocycles. The molecular formula is C7H12O3. The van der Waals surface area contributed by atoms with Crippen LogP contribution in [0, 0.1) is 0 Å². The predicted octanol–water partition coefficient (Wildman–Crippen LogP) is 0.727. The van der Waals surface area contributed by atoms with Crippen molar-refractivity contribution in [1.82, 2.24) is 0 Å². The van der Waals surface area contributed by atoms with Gasteiger partial charge in [0.15, 0.2) is 6.29 Å². The Balaban J connectivity index is 2.12. The van der Waals surface area contributed by atoms with Crippen LogP contribution in [0.15, 0.2) is 0 Å². The lowest BCUT2D eigenvalue weighted by Crippen LogP contribution is -2.09. The van der Waals surface area contributed by atoms with E-state index < -0.39 is 0 Å². The number of aldehydes is 1. The zero-order chi connectivity index (χ0) is 7.40. The average Bonchev–Trinajstić information content (AvgIpc) is 2.31. The quantitative estimate of drug-likeness (QED) is 0.548. The first-order chi connectivity index (χ1) is 4.83. The summed E-state index contributed by atoms with van der Waals surface area (Å²) in [6, 6.07) is 0. The molecule has 1 rings (SSSR count). The Kier molecular flexibility index (Phi) is 2.83. The van der Waals surface area contributed by atoms with Gasteiger partial charge in [0.25, 0.3) is 0 Å². The first-order valence-corrected chi connectivity index (χ1v) is 3.53. The number of hydrogen-bond donors (Lipinski definition) is 0. The minimum absolute atomic E-state index is 0.139. The van der Waals surface area contributed by atoms with Crippen LogP contribution >= 0.6 is 0 Å². The van der Waals surface area contributed by atoms with Gasteiger partial charge in [0, 0.05) is 12.8 Å². The van der Waals surface area contributed by atoms with Crippen molar-refractivity contribution in [2.75, 3.05) is 6.61 Å². The summed E-state index contributed by atoms with van der Waals surface area (Å²) in [4.78, 5) is 9.93. The van der Waals surface area contributed by atoms with E-state index in [0.29, 0.717) is 19.4 Å². The number of carbonyl (C=O) groups excluding carboxylic acids is 1. The molecule has 0 aromatic heterocycles. The highest BCUT2D eigenvalue weighted by molar-refractivity contribution is 5.49. The Morgan fingerprint density at radius 3 is 3.00 bits per heavy atom. The van der Waals surface area contributed by atoms with Crippen LogP contribution in [0.2, 0.25) is 0 Å². The molecule has 0 saturated carbocycles. The van der Waals surface area contributed by atoms with Crippen molar-refractivity contribution in [3.63, 3.8) is 0 Å². The second kappa shape index (κ2) is 3.68. The third-order valence-electron chi connectivity index (χ3n) is 1.42. The van der Waals surface area contributed by atoms with Crippen LogP contribution in [0.5, 0.6) is 0 Å². The van der Waals surface area contributed by atoms with Gasteiger partial charge in [0.05, 0.1) is 12.7 Å². The standard InChI is InChI=1S/C7H12O3/c1-6-5-9-7(10-6)3-2-4-8/h4,6-7H,2-3,5H2,1H3. The van der Waals surface area contributed by atoms with Gasteiger partial charge >= 0.3 is 0 Å². The van der Waals surface area contributed by atoms with Gasteiger partial charge in [-0.05, 0) is 6.92 Å². The molecule has 0 aliphatic carbocycles. The Morgan fingerprint density at radius 2 is 2.50 bits per heavy atom. The van der Waals surface area contributed by atoms with Gasteiger partial charge in [0.1, 0.15) is 6.29 Å². The maximum Gasteiger partial charge on any atom is 0.158 e. The van der Waals surface area contributed by atoms with Gasteiger partial charge < -0.3 is 14.3 Å². The maximum absolute atomic E-state index is 9.93. The van der Waals surface area contributed by atoms with Crippen molar-refractivity contribution in [1.29, 1.82) is 0 Å². The SMILES string of the molecule is CC1COC(CCC=O)O1. The summed E-state index contributed by atoms with van der Waals surface area (Å²) in [5, 5.41) is 0. The molecule has 1 aliphatic rings. The van der Waals surface area contributed by atoms with Crippen LogP contribution in [0.3, 0.4) is 0 Å². The fraction of sp³-hybridized carbons (Fsp3) is 0.857. The van der Waals surface area contributed by atoms with Crippen LogP contribution in [-0.4, -0.2) is 25.3 Å². The summed E-state index contributed by atoms with van der Waals surface area (Å²) in [5.74, 6) is 0. The lowest BCUT2D eigenvalue weighted by molar-refractivity contribution is -0.110. The first kappa shape index (κ1) is 7.69. The largest absolute Gasteiger partial charge is 0.350 e. The molecule has 3 heteroatoms. The van der Waals surface area contributed by atoms with Crippen LogP contribution in [-0.2, 0) is 14.3 Å². The average molecular weight is 144 g/mol. The molecule has 3 nitrogen and oxygen atoms in total. The van der Waals surface area contributed by atoms with Crippen molar-refractivity contribution < 1.29 is 14.3 Å². The first-order valence-electron chi connectivity index (χ1n) is 3.53. The molecule has 0 aromatic rings. The van der Waals surface area contributed by atoms with E-state index in [1.807, 2.05) is 6.92 Å². The highest BCUT2D eigenvalue weighted by atomic mass is 16.7. The van der Waals surface area contributed by atoms with Crippen LogP contribution in [0.4, 0.5) is 0 Å². The van der Waals surface area contributed by atoms with E-state index in [2.05, 4.69) is 0 Å². The zero-order valence-electron chi connectivity index (χ0n) is 6.08. The topological polar surface area (TPSA) is 35.5 Å². The fourth-order valence-electron chi connectivity index (χ4n) is 0.936. The van der Waals surface area contributed by atoms with Gasteiger partial charge in [-0.3, -0.25) is 0 Å². The molecule has 0 N–H and O–H groups in total.